The van der Waals surface area contributed by atoms with Crippen molar-refractivity contribution in [1.29, 1.82) is 0 Å². The van der Waals surface area contributed by atoms with E-state index in [0.29, 0.717) is 22.6 Å². The van der Waals surface area contributed by atoms with Gasteiger partial charge in [0.15, 0.2) is 0 Å². The van der Waals surface area contributed by atoms with Crippen LogP contribution in [0.25, 0.3) is 10.9 Å². The first-order valence-corrected chi connectivity index (χ1v) is 8.50. The lowest BCUT2D eigenvalue weighted by atomic mass is 10.1. The second-order valence-electron chi connectivity index (χ2n) is 6.10. The third-order valence-electron chi connectivity index (χ3n) is 4.25. The van der Waals surface area contributed by atoms with Gasteiger partial charge in [0.2, 0.25) is 5.43 Å². The van der Waals surface area contributed by atoms with Crippen LogP contribution >= 0.6 is 11.6 Å². The van der Waals surface area contributed by atoms with E-state index in [0.717, 1.165) is 16.6 Å². The van der Waals surface area contributed by atoms with E-state index in [1.807, 2.05) is 49.6 Å². The Morgan fingerprint density at radius 2 is 1.92 bits per heavy atom. The van der Waals surface area contributed by atoms with E-state index in [4.69, 9.17) is 11.6 Å². The highest BCUT2D eigenvalue weighted by Gasteiger charge is 2.16. The molecule has 2 aromatic carbocycles. The Morgan fingerprint density at radius 1 is 1.16 bits per heavy atom. The molecule has 0 saturated carbocycles. The molecule has 0 aliphatic carbocycles. The van der Waals surface area contributed by atoms with Crippen LogP contribution in [0.2, 0.25) is 5.02 Å². The van der Waals surface area contributed by atoms with Crippen molar-refractivity contribution >= 4 is 34.1 Å². The van der Waals surface area contributed by atoms with Gasteiger partial charge in [0, 0.05) is 28.8 Å². The smallest absolute Gasteiger partial charge is 0.261 e. The Morgan fingerprint density at radius 3 is 2.60 bits per heavy atom. The number of benzene rings is 2. The molecule has 0 spiro atoms. The van der Waals surface area contributed by atoms with Crippen LogP contribution in [0.5, 0.6) is 0 Å². The predicted molar refractivity (Wildman–Crippen MR) is 103 cm³/mol. The number of amides is 1. The summed E-state index contributed by atoms with van der Waals surface area (Å²) in [6.07, 6.45) is 1.62. The monoisotopic (exact) mass is 354 g/mol. The number of nitrogens with one attached hydrogen (secondary N) is 1. The van der Waals surface area contributed by atoms with E-state index in [2.05, 4.69) is 5.32 Å². The molecule has 0 saturated heterocycles. The van der Waals surface area contributed by atoms with Gasteiger partial charge in [0.05, 0.1) is 5.52 Å². The molecule has 128 valence electrons. The Balaban J connectivity index is 2.08. The lowest BCUT2D eigenvalue weighted by Crippen LogP contribution is -2.24. The van der Waals surface area contributed by atoms with E-state index in [9.17, 15) is 9.59 Å². The van der Waals surface area contributed by atoms with Gasteiger partial charge in [0.1, 0.15) is 5.56 Å². The van der Waals surface area contributed by atoms with Crippen molar-refractivity contribution < 1.29 is 4.79 Å². The fraction of sp³-hybridized carbons (Fsp3) is 0.200. The molecule has 0 aliphatic rings. The second kappa shape index (κ2) is 6.73. The van der Waals surface area contributed by atoms with Crippen molar-refractivity contribution in [3.8, 4) is 0 Å². The fourth-order valence-electron chi connectivity index (χ4n) is 2.80. The summed E-state index contributed by atoms with van der Waals surface area (Å²) in [5.41, 5.74) is 3.15. The van der Waals surface area contributed by atoms with Gasteiger partial charge < -0.3 is 9.88 Å². The van der Waals surface area contributed by atoms with Crippen LogP contribution in [-0.4, -0.2) is 10.5 Å². The van der Waals surface area contributed by atoms with E-state index in [1.54, 1.807) is 18.3 Å². The SMILES string of the molecule is CCn1cc(C(=O)Nc2ccc(C)c(Cl)c2)c(=O)c2cc(C)ccc21. The van der Waals surface area contributed by atoms with Crippen LogP contribution in [0.15, 0.2) is 47.4 Å². The number of fused-ring (bicyclic) bond motifs is 1. The molecular weight excluding hydrogens is 336 g/mol. The maximum atomic E-state index is 12.8. The van der Waals surface area contributed by atoms with Crippen molar-refractivity contribution in [3.05, 3.63) is 74.5 Å². The third kappa shape index (κ3) is 3.30. The summed E-state index contributed by atoms with van der Waals surface area (Å²) in [7, 11) is 0. The number of carbonyl (C=O) groups is 1. The largest absolute Gasteiger partial charge is 0.347 e. The van der Waals surface area contributed by atoms with Crippen LogP contribution in [0, 0.1) is 13.8 Å². The fourth-order valence-corrected chi connectivity index (χ4v) is 2.98. The highest BCUT2D eigenvalue weighted by atomic mass is 35.5. The minimum Gasteiger partial charge on any atom is -0.347 e. The summed E-state index contributed by atoms with van der Waals surface area (Å²) < 4.78 is 1.91. The van der Waals surface area contributed by atoms with Gasteiger partial charge in [-0.2, -0.15) is 0 Å². The molecule has 3 rings (SSSR count). The minimum absolute atomic E-state index is 0.122. The molecule has 25 heavy (non-hydrogen) atoms. The van der Waals surface area contributed by atoms with Gasteiger partial charge in [-0.1, -0.05) is 29.3 Å². The van der Waals surface area contributed by atoms with Crippen LogP contribution in [0.3, 0.4) is 0 Å². The van der Waals surface area contributed by atoms with E-state index >= 15 is 0 Å². The number of pyridine rings is 1. The summed E-state index contributed by atoms with van der Waals surface area (Å²) >= 11 is 6.10. The van der Waals surface area contributed by atoms with Crippen molar-refractivity contribution in [2.45, 2.75) is 27.3 Å². The molecule has 0 atom stereocenters. The van der Waals surface area contributed by atoms with Gasteiger partial charge in [-0.15, -0.1) is 0 Å². The molecule has 1 heterocycles. The number of rotatable bonds is 3. The third-order valence-corrected chi connectivity index (χ3v) is 4.66. The van der Waals surface area contributed by atoms with Crippen molar-refractivity contribution in [2.24, 2.45) is 0 Å². The second-order valence-corrected chi connectivity index (χ2v) is 6.50. The van der Waals surface area contributed by atoms with Gasteiger partial charge in [-0.05, 0) is 50.6 Å². The average molecular weight is 355 g/mol. The first kappa shape index (κ1) is 17.2. The summed E-state index contributed by atoms with van der Waals surface area (Å²) in [4.78, 5) is 25.5. The molecule has 0 bridgehead atoms. The number of nitrogens with zero attached hydrogens (tertiary/aromatic N) is 1. The summed E-state index contributed by atoms with van der Waals surface area (Å²) in [5.74, 6) is -0.435. The number of hydrogen-bond donors (Lipinski definition) is 1. The van der Waals surface area contributed by atoms with E-state index < -0.39 is 5.91 Å². The number of hydrogen-bond acceptors (Lipinski definition) is 2. The number of halogens is 1. The van der Waals surface area contributed by atoms with Gasteiger partial charge in [-0.3, -0.25) is 9.59 Å². The van der Waals surface area contributed by atoms with E-state index in [-0.39, 0.29) is 11.0 Å². The molecule has 0 unspecified atom stereocenters. The molecule has 0 fully saturated rings. The lowest BCUT2D eigenvalue weighted by molar-refractivity contribution is 0.102. The van der Waals surface area contributed by atoms with E-state index in [1.165, 1.54) is 0 Å². The zero-order chi connectivity index (χ0) is 18.1. The lowest BCUT2D eigenvalue weighted by Gasteiger charge is -2.12. The average Bonchev–Trinajstić information content (AvgIpc) is 2.59. The number of aromatic nitrogens is 1. The van der Waals surface area contributed by atoms with Crippen molar-refractivity contribution in [3.63, 3.8) is 0 Å². The number of carbonyl (C=O) groups excluding carboxylic acids is 1. The Bertz CT molecular complexity index is 1040. The molecule has 3 aromatic rings. The Labute approximate surface area is 151 Å². The molecule has 5 heteroatoms. The Kier molecular flexibility index (Phi) is 4.64. The molecule has 1 amide bonds. The Hall–Kier alpha value is -2.59. The highest BCUT2D eigenvalue weighted by Crippen LogP contribution is 2.21. The number of anilines is 1. The van der Waals surface area contributed by atoms with Crippen LogP contribution in [0.1, 0.15) is 28.4 Å². The molecule has 4 nitrogen and oxygen atoms in total. The summed E-state index contributed by atoms with van der Waals surface area (Å²) in [6, 6.07) is 11.0. The van der Waals surface area contributed by atoms with Gasteiger partial charge in [0.25, 0.3) is 5.91 Å². The van der Waals surface area contributed by atoms with Crippen LogP contribution < -0.4 is 10.7 Å². The molecular formula is C20H19ClN2O2. The highest BCUT2D eigenvalue weighted by molar-refractivity contribution is 6.31. The molecule has 1 aromatic heterocycles. The zero-order valence-electron chi connectivity index (χ0n) is 14.4. The van der Waals surface area contributed by atoms with Crippen molar-refractivity contribution in [2.75, 3.05) is 5.32 Å². The first-order chi connectivity index (χ1) is 11.9. The quantitative estimate of drug-likeness (QED) is 0.750. The van der Waals surface area contributed by atoms with Gasteiger partial charge >= 0.3 is 0 Å². The summed E-state index contributed by atoms with van der Waals surface area (Å²) in [5, 5.41) is 3.88. The van der Waals surface area contributed by atoms with Crippen LogP contribution in [-0.2, 0) is 6.54 Å². The van der Waals surface area contributed by atoms with Gasteiger partial charge in [-0.25, -0.2) is 0 Å². The van der Waals surface area contributed by atoms with Crippen LogP contribution in [0.4, 0.5) is 5.69 Å². The molecule has 1 N–H and O–H groups in total. The first-order valence-electron chi connectivity index (χ1n) is 8.12. The topological polar surface area (TPSA) is 51.1 Å². The van der Waals surface area contributed by atoms with Crippen molar-refractivity contribution in [1.82, 2.24) is 4.57 Å². The predicted octanol–water partition coefficient (Wildman–Crippen LogP) is 4.54. The standard InChI is InChI=1S/C20H19ClN2O2/c1-4-23-11-16(19(24)15-9-12(2)5-8-18(15)23)20(25)22-14-7-6-13(3)17(21)10-14/h5-11H,4H2,1-3H3,(H,22,25). The maximum Gasteiger partial charge on any atom is 0.261 e. The number of aryl methyl sites for hydroxylation is 3. The molecule has 0 aliphatic heterocycles. The maximum absolute atomic E-state index is 12.8. The molecule has 0 radical (unpaired) electrons. The summed E-state index contributed by atoms with van der Waals surface area (Å²) in [6.45, 7) is 6.46. The minimum atomic E-state index is -0.435. The normalized spacial score (nSPS) is 10.9. The zero-order valence-corrected chi connectivity index (χ0v) is 15.1.